The van der Waals surface area contributed by atoms with Crippen LogP contribution in [0.4, 0.5) is 15.6 Å². The van der Waals surface area contributed by atoms with Crippen LogP contribution in [0.5, 0.6) is 0 Å². The van der Waals surface area contributed by atoms with Gasteiger partial charge in [-0.3, -0.25) is 5.32 Å². The molecular formula is C27H30N4OS. The number of rotatable bonds is 7. The number of carbonyl (C=O) groups is 1. The van der Waals surface area contributed by atoms with Crippen molar-refractivity contribution in [3.05, 3.63) is 88.5 Å². The van der Waals surface area contributed by atoms with E-state index in [1.165, 1.54) is 39.3 Å². The average molecular weight is 459 g/mol. The van der Waals surface area contributed by atoms with Gasteiger partial charge in [0.25, 0.3) is 0 Å². The standard InChI is InChI=1S/C27H30N4OS/c1-17(2)22-11-8-20(9-12-22)15-29-26(32)31-27-30-23-13-10-21(14-24(23)33-27)16-28-25-18(3)6-5-7-19(25)4/h5-14,17,28H,15-16H2,1-4H3,(H2,29,30,31,32). The number of fused-ring (bicyclic) bond motifs is 1. The third kappa shape index (κ3) is 5.71. The SMILES string of the molecule is Cc1cccc(C)c1NCc1ccc2nc(NC(=O)NCc3ccc(C(C)C)cc3)sc2c1. The van der Waals surface area contributed by atoms with Crippen LogP contribution in [0.25, 0.3) is 10.2 Å². The van der Waals surface area contributed by atoms with Crippen molar-refractivity contribution in [3.63, 3.8) is 0 Å². The van der Waals surface area contributed by atoms with E-state index >= 15 is 0 Å². The molecule has 0 aliphatic carbocycles. The minimum Gasteiger partial charge on any atom is -0.381 e. The molecule has 0 bridgehead atoms. The van der Waals surface area contributed by atoms with Crippen LogP contribution in [-0.4, -0.2) is 11.0 Å². The second kappa shape index (κ2) is 10.0. The van der Waals surface area contributed by atoms with Crippen molar-refractivity contribution in [1.29, 1.82) is 0 Å². The van der Waals surface area contributed by atoms with Crippen LogP contribution in [0.3, 0.4) is 0 Å². The summed E-state index contributed by atoms with van der Waals surface area (Å²) in [6.45, 7) is 9.78. The summed E-state index contributed by atoms with van der Waals surface area (Å²) < 4.78 is 1.05. The van der Waals surface area contributed by atoms with Crippen molar-refractivity contribution in [2.45, 2.75) is 46.7 Å². The van der Waals surface area contributed by atoms with E-state index in [4.69, 9.17) is 0 Å². The zero-order chi connectivity index (χ0) is 23.4. The van der Waals surface area contributed by atoms with E-state index in [1.807, 2.05) is 6.07 Å². The van der Waals surface area contributed by atoms with Crippen LogP contribution < -0.4 is 16.0 Å². The summed E-state index contributed by atoms with van der Waals surface area (Å²) >= 11 is 1.48. The van der Waals surface area contributed by atoms with Gasteiger partial charge in [-0.2, -0.15) is 0 Å². The van der Waals surface area contributed by atoms with Gasteiger partial charge in [-0.05, 0) is 59.7 Å². The molecule has 170 valence electrons. The predicted molar refractivity (Wildman–Crippen MR) is 139 cm³/mol. The summed E-state index contributed by atoms with van der Waals surface area (Å²) in [6, 6.07) is 20.6. The summed E-state index contributed by atoms with van der Waals surface area (Å²) in [5.74, 6) is 0.497. The fourth-order valence-electron chi connectivity index (χ4n) is 3.76. The average Bonchev–Trinajstić information content (AvgIpc) is 3.19. The minimum absolute atomic E-state index is 0.251. The van der Waals surface area contributed by atoms with Crippen molar-refractivity contribution in [1.82, 2.24) is 10.3 Å². The Labute approximate surface area is 199 Å². The van der Waals surface area contributed by atoms with Crippen LogP contribution in [-0.2, 0) is 13.1 Å². The van der Waals surface area contributed by atoms with E-state index in [1.54, 1.807) is 0 Å². The Morgan fingerprint density at radius 3 is 2.33 bits per heavy atom. The summed E-state index contributed by atoms with van der Waals surface area (Å²) in [5.41, 5.74) is 8.08. The number of amides is 2. The molecule has 6 heteroatoms. The van der Waals surface area contributed by atoms with Crippen molar-refractivity contribution >= 4 is 38.4 Å². The molecule has 1 heterocycles. The van der Waals surface area contributed by atoms with E-state index in [2.05, 4.69) is 103 Å². The van der Waals surface area contributed by atoms with Gasteiger partial charge in [0.05, 0.1) is 10.2 Å². The fraction of sp³-hybridized carbons (Fsp3) is 0.259. The Morgan fingerprint density at radius 2 is 1.64 bits per heavy atom. The molecule has 0 saturated carbocycles. The predicted octanol–water partition coefficient (Wildman–Crippen LogP) is 6.97. The number of hydrogen-bond acceptors (Lipinski definition) is 4. The molecule has 0 aliphatic heterocycles. The third-order valence-corrected chi connectivity index (χ3v) is 6.66. The maximum atomic E-state index is 12.4. The van der Waals surface area contributed by atoms with Gasteiger partial charge in [-0.15, -0.1) is 0 Å². The highest BCUT2D eigenvalue weighted by molar-refractivity contribution is 7.22. The number of benzene rings is 3. The highest BCUT2D eigenvalue weighted by Gasteiger charge is 2.09. The molecular weight excluding hydrogens is 428 g/mol. The molecule has 4 rings (SSSR count). The van der Waals surface area contributed by atoms with Crippen molar-refractivity contribution in [2.75, 3.05) is 10.6 Å². The minimum atomic E-state index is -0.251. The van der Waals surface area contributed by atoms with Gasteiger partial charge < -0.3 is 10.6 Å². The van der Waals surface area contributed by atoms with E-state index in [-0.39, 0.29) is 6.03 Å². The number of aromatic nitrogens is 1. The van der Waals surface area contributed by atoms with Crippen LogP contribution in [0, 0.1) is 13.8 Å². The molecule has 0 spiro atoms. The van der Waals surface area contributed by atoms with E-state index in [0.29, 0.717) is 17.6 Å². The van der Waals surface area contributed by atoms with Gasteiger partial charge in [0.1, 0.15) is 0 Å². The molecule has 3 aromatic carbocycles. The monoisotopic (exact) mass is 458 g/mol. The second-order valence-electron chi connectivity index (χ2n) is 8.65. The second-order valence-corrected chi connectivity index (χ2v) is 9.68. The van der Waals surface area contributed by atoms with Gasteiger partial charge in [0.2, 0.25) is 0 Å². The molecule has 33 heavy (non-hydrogen) atoms. The fourth-order valence-corrected chi connectivity index (χ4v) is 4.68. The number of nitrogens with zero attached hydrogens (tertiary/aromatic N) is 1. The maximum absolute atomic E-state index is 12.4. The first-order valence-electron chi connectivity index (χ1n) is 11.2. The Hall–Kier alpha value is -3.38. The van der Waals surface area contributed by atoms with Gasteiger partial charge in [0.15, 0.2) is 5.13 Å². The zero-order valence-corrected chi connectivity index (χ0v) is 20.3. The number of para-hydroxylation sites is 1. The lowest BCUT2D eigenvalue weighted by molar-refractivity contribution is 0.251. The number of anilines is 2. The summed E-state index contributed by atoms with van der Waals surface area (Å²) in [5, 5.41) is 9.92. The van der Waals surface area contributed by atoms with Crippen LogP contribution in [0.15, 0.2) is 60.7 Å². The molecule has 2 amide bonds. The quantitative estimate of drug-likeness (QED) is 0.280. The number of hydrogen-bond donors (Lipinski definition) is 3. The third-order valence-electron chi connectivity index (χ3n) is 5.72. The van der Waals surface area contributed by atoms with Gasteiger partial charge >= 0.3 is 6.03 Å². The largest absolute Gasteiger partial charge is 0.381 e. The van der Waals surface area contributed by atoms with E-state index in [0.717, 1.165) is 22.3 Å². The Morgan fingerprint density at radius 1 is 0.939 bits per heavy atom. The van der Waals surface area contributed by atoms with Crippen molar-refractivity contribution in [2.24, 2.45) is 0 Å². The zero-order valence-electron chi connectivity index (χ0n) is 19.5. The molecule has 0 saturated heterocycles. The van der Waals surface area contributed by atoms with E-state index < -0.39 is 0 Å². The first-order chi connectivity index (χ1) is 15.9. The first-order valence-corrected chi connectivity index (χ1v) is 12.0. The highest BCUT2D eigenvalue weighted by Crippen LogP contribution is 2.28. The Balaban J connectivity index is 1.35. The van der Waals surface area contributed by atoms with Crippen LogP contribution >= 0.6 is 11.3 Å². The van der Waals surface area contributed by atoms with Gasteiger partial charge in [-0.25, -0.2) is 9.78 Å². The smallest absolute Gasteiger partial charge is 0.321 e. The highest BCUT2D eigenvalue weighted by atomic mass is 32.1. The lowest BCUT2D eigenvalue weighted by atomic mass is 10.0. The topological polar surface area (TPSA) is 66.0 Å². The lowest BCUT2D eigenvalue weighted by Crippen LogP contribution is -2.28. The molecule has 0 radical (unpaired) electrons. The van der Waals surface area contributed by atoms with Gasteiger partial charge in [-0.1, -0.05) is 73.7 Å². The summed E-state index contributed by atoms with van der Waals surface area (Å²) in [6.07, 6.45) is 0. The van der Waals surface area contributed by atoms with Crippen LogP contribution in [0.1, 0.15) is 47.6 Å². The normalized spacial score (nSPS) is 11.1. The number of urea groups is 1. The first kappa shape index (κ1) is 22.8. The number of carbonyl (C=O) groups excluding carboxylic acids is 1. The number of nitrogens with one attached hydrogen (secondary N) is 3. The van der Waals surface area contributed by atoms with Gasteiger partial charge in [0, 0.05) is 18.8 Å². The molecule has 1 aromatic heterocycles. The number of thiazole rings is 1. The molecule has 0 fully saturated rings. The molecule has 0 atom stereocenters. The van der Waals surface area contributed by atoms with Crippen LogP contribution in [0.2, 0.25) is 0 Å². The molecule has 3 N–H and O–H groups in total. The van der Waals surface area contributed by atoms with Crippen molar-refractivity contribution < 1.29 is 4.79 Å². The lowest BCUT2D eigenvalue weighted by Gasteiger charge is -2.12. The Bertz CT molecular complexity index is 1240. The molecule has 4 aromatic rings. The maximum Gasteiger partial charge on any atom is 0.321 e. The van der Waals surface area contributed by atoms with E-state index in [9.17, 15) is 4.79 Å². The molecule has 0 unspecified atom stereocenters. The van der Waals surface area contributed by atoms with Crippen molar-refractivity contribution in [3.8, 4) is 0 Å². The number of aryl methyl sites for hydroxylation is 2. The molecule has 5 nitrogen and oxygen atoms in total. The Kier molecular flexibility index (Phi) is 6.94. The summed E-state index contributed by atoms with van der Waals surface area (Å²) in [4.78, 5) is 16.9. The molecule has 0 aliphatic rings. The summed E-state index contributed by atoms with van der Waals surface area (Å²) in [7, 11) is 0.